The van der Waals surface area contributed by atoms with Crippen molar-refractivity contribution < 1.29 is 0 Å². The minimum Gasteiger partial charge on any atom is -0.309 e. The van der Waals surface area contributed by atoms with Crippen LogP contribution in [0.3, 0.4) is 0 Å². The number of nitrogens with zero attached hydrogens (tertiary/aromatic N) is 6. The quantitative estimate of drug-likeness (QED) is 0.170. The van der Waals surface area contributed by atoms with E-state index in [0.29, 0.717) is 5.95 Å². The van der Waals surface area contributed by atoms with E-state index in [4.69, 9.17) is 15.1 Å². The smallest absolute Gasteiger partial charge is 0.254 e. The molecular formula is C53H34N6. The lowest BCUT2D eigenvalue weighted by molar-refractivity contribution is 0.915. The molecule has 0 saturated carbocycles. The molecule has 0 aliphatic carbocycles. The fourth-order valence-corrected chi connectivity index (χ4v) is 8.79. The number of benzene rings is 7. The number of hydrogen-bond acceptors (Lipinski definition) is 3. The topological polar surface area (TPSA) is 52.9 Å². The van der Waals surface area contributed by atoms with Crippen LogP contribution in [-0.4, -0.2) is 28.7 Å². The third-order valence-corrected chi connectivity index (χ3v) is 11.5. The zero-order chi connectivity index (χ0) is 38.9. The second-order valence-corrected chi connectivity index (χ2v) is 15.0. The molecule has 59 heavy (non-hydrogen) atoms. The molecule has 0 spiro atoms. The maximum atomic E-state index is 5.28. The molecule has 12 rings (SSSR count). The summed E-state index contributed by atoms with van der Waals surface area (Å²) in [5.74, 6) is 0.606. The van der Waals surface area contributed by atoms with Crippen molar-refractivity contribution >= 4 is 49.3 Å². The van der Waals surface area contributed by atoms with Gasteiger partial charge in [-0.3, -0.25) is 4.57 Å². The van der Waals surface area contributed by atoms with E-state index < -0.39 is 0 Å². The molecule has 0 bridgehead atoms. The van der Waals surface area contributed by atoms with E-state index >= 15 is 0 Å². The molecule has 5 aromatic heterocycles. The van der Waals surface area contributed by atoms with Gasteiger partial charge in [0.15, 0.2) is 5.65 Å². The predicted molar refractivity (Wildman–Crippen MR) is 241 cm³/mol. The minimum absolute atomic E-state index is 0.606. The van der Waals surface area contributed by atoms with Gasteiger partial charge in [-0.2, -0.15) is 4.98 Å². The first kappa shape index (κ1) is 33.1. The molecule has 0 aliphatic rings. The molecule has 7 aromatic carbocycles. The van der Waals surface area contributed by atoms with Gasteiger partial charge < -0.3 is 4.57 Å². The predicted octanol–water partition coefficient (Wildman–Crippen LogP) is 13.0. The second kappa shape index (κ2) is 13.3. The zero-order valence-corrected chi connectivity index (χ0v) is 31.8. The van der Waals surface area contributed by atoms with Crippen LogP contribution in [-0.2, 0) is 0 Å². The van der Waals surface area contributed by atoms with Crippen molar-refractivity contribution in [1.82, 2.24) is 28.7 Å². The van der Waals surface area contributed by atoms with Crippen molar-refractivity contribution in [2.75, 3.05) is 0 Å². The summed E-state index contributed by atoms with van der Waals surface area (Å²) in [6.45, 7) is 0. The molecule has 6 nitrogen and oxygen atoms in total. The lowest BCUT2D eigenvalue weighted by atomic mass is 10.0. The summed E-state index contributed by atoms with van der Waals surface area (Å²) in [5.41, 5.74) is 14.6. The van der Waals surface area contributed by atoms with Crippen LogP contribution < -0.4 is 0 Å². The first-order valence-corrected chi connectivity index (χ1v) is 19.9. The average Bonchev–Trinajstić information content (AvgIpc) is 3.99. The third-order valence-electron chi connectivity index (χ3n) is 11.5. The molecular weight excluding hydrogens is 721 g/mol. The number of para-hydroxylation sites is 3. The van der Waals surface area contributed by atoms with Gasteiger partial charge in [0, 0.05) is 44.6 Å². The Morgan fingerprint density at radius 1 is 0.339 bits per heavy atom. The van der Waals surface area contributed by atoms with Gasteiger partial charge in [-0.1, -0.05) is 127 Å². The Balaban J connectivity index is 1.00. The van der Waals surface area contributed by atoms with Crippen molar-refractivity contribution in [2.24, 2.45) is 0 Å². The SMILES string of the molecule is c1ccc(-c2cc(-c3ccccc3)nc(-c3cccn4nc(-n5c6ccccc6c6cc(-c7ccc8c(c7)c7ccccc7n8-c7ccccc7)ccc65)nc34)c2)cc1. The molecule has 0 saturated heterocycles. The van der Waals surface area contributed by atoms with Gasteiger partial charge in [-0.25, -0.2) is 9.50 Å². The summed E-state index contributed by atoms with van der Waals surface area (Å²) >= 11 is 0. The lowest BCUT2D eigenvalue weighted by Crippen LogP contribution is -1.97. The Hall–Kier alpha value is -8.09. The van der Waals surface area contributed by atoms with Gasteiger partial charge in [0.1, 0.15) is 0 Å². The average molecular weight is 755 g/mol. The minimum atomic E-state index is 0.606. The van der Waals surface area contributed by atoms with E-state index in [1.165, 1.54) is 27.4 Å². The molecule has 0 aliphatic heterocycles. The highest BCUT2D eigenvalue weighted by Crippen LogP contribution is 2.39. The zero-order valence-electron chi connectivity index (χ0n) is 31.8. The number of pyridine rings is 2. The van der Waals surface area contributed by atoms with Crippen molar-refractivity contribution in [3.8, 4) is 56.4 Å². The van der Waals surface area contributed by atoms with Crippen molar-refractivity contribution in [3.63, 3.8) is 0 Å². The summed E-state index contributed by atoms with van der Waals surface area (Å²) in [6.07, 6.45) is 1.96. The molecule has 6 heteroatoms. The summed E-state index contributed by atoms with van der Waals surface area (Å²) in [6, 6.07) is 70.7. The summed E-state index contributed by atoms with van der Waals surface area (Å²) in [5, 5.41) is 9.88. The van der Waals surface area contributed by atoms with E-state index in [0.717, 1.165) is 72.3 Å². The van der Waals surface area contributed by atoms with Crippen LogP contribution >= 0.6 is 0 Å². The Morgan fingerprint density at radius 2 is 0.881 bits per heavy atom. The highest BCUT2D eigenvalue weighted by atomic mass is 15.4. The van der Waals surface area contributed by atoms with Crippen LogP contribution in [0.25, 0.3) is 106 Å². The molecule has 0 N–H and O–H groups in total. The van der Waals surface area contributed by atoms with Crippen LogP contribution in [0.4, 0.5) is 0 Å². The fraction of sp³-hybridized carbons (Fsp3) is 0. The van der Waals surface area contributed by atoms with E-state index in [1.54, 1.807) is 0 Å². The highest BCUT2D eigenvalue weighted by molar-refractivity contribution is 6.12. The molecule has 0 unspecified atom stereocenters. The molecule has 0 radical (unpaired) electrons. The normalized spacial score (nSPS) is 11.7. The standard InChI is InChI=1S/C53H34N6/c1-4-15-35(16-5-1)39-33-46(36-17-6-2-7-18-36)54-47(34-39)43-23-14-30-57-52(43)55-53(56-57)59-49-25-13-11-22-42(49)45-32-38(27-29-51(45)59)37-26-28-50-44(31-37)41-21-10-12-24-48(41)58(50)40-19-8-3-9-20-40/h1-34H. The Morgan fingerprint density at radius 3 is 1.56 bits per heavy atom. The van der Waals surface area contributed by atoms with E-state index in [1.807, 2.05) is 28.9 Å². The van der Waals surface area contributed by atoms with Crippen LogP contribution in [0.2, 0.25) is 0 Å². The largest absolute Gasteiger partial charge is 0.309 e. The van der Waals surface area contributed by atoms with Crippen LogP contribution in [0, 0.1) is 0 Å². The number of hydrogen-bond donors (Lipinski definition) is 0. The first-order valence-electron chi connectivity index (χ1n) is 19.9. The first-order chi connectivity index (χ1) is 29.2. The van der Waals surface area contributed by atoms with E-state index in [2.05, 4.69) is 191 Å². The second-order valence-electron chi connectivity index (χ2n) is 15.0. The van der Waals surface area contributed by atoms with Crippen LogP contribution in [0.5, 0.6) is 0 Å². The molecule has 0 amide bonds. The Labute approximate surface area is 339 Å². The number of rotatable bonds is 6. The van der Waals surface area contributed by atoms with Gasteiger partial charge in [0.2, 0.25) is 0 Å². The lowest BCUT2D eigenvalue weighted by Gasteiger charge is -2.10. The third kappa shape index (κ3) is 5.38. The maximum absolute atomic E-state index is 5.28. The summed E-state index contributed by atoms with van der Waals surface area (Å²) in [4.78, 5) is 10.5. The van der Waals surface area contributed by atoms with Gasteiger partial charge >= 0.3 is 0 Å². The molecule has 0 fully saturated rings. The van der Waals surface area contributed by atoms with Crippen molar-refractivity contribution in [1.29, 1.82) is 0 Å². The van der Waals surface area contributed by atoms with Gasteiger partial charge in [-0.15, -0.1) is 5.10 Å². The number of fused-ring (bicyclic) bond motifs is 7. The van der Waals surface area contributed by atoms with Gasteiger partial charge in [0.05, 0.1) is 33.5 Å². The van der Waals surface area contributed by atoms with Crippen LogP contribution in [0.15, 0.2) is 206 Å². The van der Waals surface area contributed by atoms with Crippen molar-refractivity contribution in [2.45, 2.75) is 0 Å². The highest BCUT2D eigenvalue weighted by Gasteiger charge is 2.20. The molecule has 0 atom stereocenters. The Bertz CT molecular complexity index is 3490. The summed E-state index contributed by atoms with van der Waals surface area (Å²) < 4.78 is 6.42. The van der Waals surface area contributed by atoms with E-state index in [9.17, 15) is 0 Å². The van der Waals surface area contributed by atoms with Gasteiger partial charge in [-0.05, 0) is 95.1 Å². The monoisotopic (exact) mass is 754 g/mol. The maximum Gasteiger partial charge on any atom is 0.254 e. The van der Waals surface area contributed by atoms with Gasteiger partial charge in [0.25, 0.3) is 5.95 Å². The Kier molecular flexibility index (Phi) is 7.43. The van der Waals surface area contributed by atoms with E-state index in [-0.39, 0.29) is 0 Å². The van der Waals surface area contributed by atoms with Crippen LogP contribution in [0.1, 0.15) is 0 Å². The number of aromatic nitrogens is 6. The molecule has 12 aromatic rings. The fourth-order valence-electron chi connectivity index (χ4n) is 8.79. The molecule has 5 heterocycles. The summed E-state index contributed by atoms with van der Waals surface area (Å²) in [7, 11) is 0. The van der Waals surface area contributed by atoms with Crippen molar-refractivity contribution in [3.05, 3.63) is 206 Å². The molecule has 276 valence electrons.